The summed E-state index contributed by atoms with van der Waals surface area (Å²) in [6, 6.07) is 32.0. The molecule has 4 heteroatoms. The highest BCUT2D eigenvalue weighted by Gasteiger charge is 2.19. The van der Waals surface area contributed by atoms with E-state index in [1.54, 1.807) is 11.3 Å². The molecule has 0 bridgehead atoms. The molecule has 1 N–H and O–H groups in total. The lowest BCUT2D eigenvalue weighted by Gasteiger charge is -2.20. The first kappa shape index (κ1) is 20.2. The van der Waals surface area contributed by atoms with Crippen molar-refractivity contribution in [2.45, 2.75) is 12.5 Å². The van der Waals surface area contributed by atoms with Crippen LogP contribution in [-0.2, 0) is 6.42 Å². The third-order valence-corrected chi connectivity index (χ3v) is 6.25. The minimum absolute atomic E-state index is 0.0927. The van der Waals surface area contributed by atoms with Crippen molar-refractivity contribution in [3.63, 3.8) is 0 Å². The Morgan fingerprint density at radius 2 is 1.59 bits per heavy atom. The normalized spacial score (nSPS) is 11.9. The second kappa shape index (κ2) is 9.16. The number of aromatic nitrogens is 1. The van der Waals surface area contributed by atoms with Gasteiger partial charge in [0.15, 0.2) is 0 Å². The van der Waals surface area contributed by atoms with Crippen LogP contribution in [-0.4, -0.2) is 10.9 Å². The van der Waals surface area contributed by atoms with Crippen molar-refractivity contribution in [2.24, 2.45) is 0 Å². The van der Waals surface area contributed by atoms with Gasteiger partial charge < -0.3 is 5.32 Å². The topological polar surface area (TPSA) is 42.0 Å². The first-order valence-corrected chi connectivity index (χ1v) is 11.5. The monoisotopic (exact) mass is 434 g/mol. The smallest absolute Gasteiger partial charge is 0.252 e. The number of carbonyl (C=O) groups is 1. The van der Waals surface area contributed by atoms with Gasteiger partial charge in [-0.2, -0.15) is 11.3 Å². The molecule has 2 heterocycles. The number of carbonyl (C=O) groups excluding carboxylic acids is 1. The van der Waals surface area contributed by atoms with E-state index in [9.17, 15) is 4.79 Å². The SMILES string of the molecule is O=C(NC(Cc1ccccc1)c1ccccc1)c1cc(-c2ccsc2)nc2ccccc12. The maximum absolute atomic E-state index is 13.6. The number of benzene rings is 3. The van der Waals surface area contributed by atoms with Crippen LogP contribution in [0.5, 0.6) is 0 Å². The number of pyridine rings is 1. The molecule has 0 saturated heterocycles. The first-order valence-electron chi connectivity index (χ1n) is 10.6. The van der Waals surface area contributed by atoms with E-state index in [1.807, 2.05) is 78.2 Å². The quantitative estimate of drug-likeness (QED) is 0.324. The highest BCUT2D eigenvalue weighted by atomic mass is 32.1. The van der Waals surface area contributed by atoms with Crippen LogP contribution in [0.1, 0.15) is 27.5 Å². The van der Waals surface area contributed by atoms with Crippen LogP contribution in [0, 0.1) is 0 Å². The molecule has 5 aromatic rings. The molecule has 32 heavy (non-hydrogen) atoms. The number of fused-ring (bicyclic) bond motifs is 1. The summed E-state index contributed by atoms with van der Waals surface area (Å²) in [5.74, 6) is -0.0927. The first-order chi connectivity index (χ1) is 15.8. The molecule has 0 aliphatic carbocycles. The fraction of sp³-hybridized carbons (Fsp3) is 0.0714. The van der Waals surface area contributed by atoms with Crippen LogP contribution in [0.4, 0.5) is 0 Å². The average Bonchev–Trinajstić information content (AvgIpc) is 3.39. The summed E-state index contributed by atoms with van der Waals surface area (Å²) in [6.07, 6.45) is 0.719. The summed E-state index contributed by atoms with van der Waals surface area (Å²) in [5, 5.41) is 8.24. The predicted molar refractivity (Wildman–Crippen MR) is 132 cm³/mol. The van der Waals surface area contributed by atoms with Gasteiger partial charge in [-0.1, -0.05) is 78.9 Å². The molecular weight excluding hydrogens is 412 g/mol. The highest BCUT2D eigenvalue weighted by Crippen LogP contribution is 2.27. The van der Waals surface area contributed by atoms with E-state index < -0.39 is 0 Å². The Balaban J connectivity index is 1.53. The Labute approximate surface area is 191 Å². The molecule has 0 saturated carbocycles. The van der Waals surface area contributed by atoms with Crippen molar-refractivity contribution in [1.82, 2.24) is 10.3 Å². The maximum atomic E-state index is 13.6. The number of para-hydroxylation sites is 1. The number of amides is 1. The van der Waals surface area contributed by atoms with Gasteiger partial charge in [-0.15, -0.1) is 0 Å². The average molecular weight is 435 g/mol. The number of hydrogen-bond acceptors (Lipinski definition) is 3. The van der Waals surface area contributed by atoms with Gasteiger partial charge in [0.1, 0.15) is 0 Å². The van der Waals surface area contributed by atoms with Crippen molar-refractivity contribution in [3.05, 3.63) is 125 Å². The number of hydrogen-bond donors (Lipinski definition) is 1. The summed E-state index contributed by atoms with van der Waals surface area (Å²) in [7, 11) is 0. The van der Waals surface area contributed by atoms with E-state index in [0.717, 1.165) is 34.1 Å². The van der Waals surface area contributed by atoms with E-state index in [-0.39, 0.29) is 11.9 Å². The third-order valence-electron chi connectivity index (χ3n) is 5.57. The van der Waals surface area contributed by atoms with Crippen LogP contribution >= 0.6 is 11.3 Å². The molecule has 0 aliphatic rings. The summed E-state index contributed by atoms with van der Waals surface area (Å²) in [5.41, 5.74) is 5.57. The number of rotatable bonds is 6. The molecule has 0 radical (unpaired) electrons. The molecule has 0 fully saturated rings. The summed E-state index contributed by atoms with van der Waals surface area (Å²) < 4.78 is 0. The molecule has 1 atom stereocenters. The number of thiophene rings is 1. The van der Waals surface area contributed by atoms with Gasteiger partial charge in [-0.3, -0.25) is 4.79 Å². The van der Waals surface area contributed by atoms with Gasteiger partial charge in [-0.25, -0.2) is 4.98 Å². The van der Waals surface area contributed by atoms with Crippen molar-refractivity contribution in [1.29, 1.82) is 0 Å². The zero-order valence-corrected chi connectivity index (χ0v) is 18.3. The maximum Gasteiger partial charge on any atom is 0.252 e. The van der Waals surface area contributed by atoms with Crippen LogP contribution in [0.2, 0.25) is 0 Å². The second-order valence-electron chi connectivity index (χ2n) is 7.71. The third kappa shape index (κ3) is 4.32. The molecule has 1 amide bonds. The fourth-order valence-electron chi connectivity index (χ4n) is 3.94. The van der Waals surface area contributed by atoms with Gasteiger partial charge >= 0.3 is 0 Å². The van der Waals surface area contributed by atoms with Crippen LogP contribution in [0.15, 0.2) is 108 Å². The molecule has 3 nitrogen and oxygen atoms in total. The minimum Gasteiger partial charge on any atom is -0.345 e. The molecule has 5 rings (SSSR count). The van der Waals surface area contributed by atoms with Crippen molar-refractivity contribution >= 4 is 28.1 Å². The lowest BCUT2D eigenvalue weighted by atomic mass is 9.98. The standard InChI is InChI=1S/C28H22N2OS/c31-28(30-26(21-11-5-2-6-12-21)17-20-9-3-1-4-10-20)24-18-27(22-15-16-32-19-22)29-25-14-8-7-13-23(24)25/h1-16,18-19,26H,17H2,(H,30,31). The van der Waals surface area contributed by atoms with Crippen molar-refractivity contribution < 1.29 is 4.79 Å². The Bertz CT molecular complexity index is 1330. The van der Waals surface area contributed by atoms with E-state index in [2.05, 4.69) is 35.0 Å². The fourth-order valence-corrected chi connectivity index (χ4v) is 4.59. The zero-order chi connectivity index (χ0) is 21.8. The van der Waals surface area contributed by atoms with Crippen molar-refractivity contribution in [2.75, 3.05) is 0 Å². The molecule has 0 spiro atoms. The number of nitrogens with one attached hydrogen (secondary N) is 1. The Hall–Kier alpha value is -3.76. The number of nitrogens with zero attached hydrogens (tertiary/aromatic N) is 1. The van der Waals surface area contributed by atoms with E-state index in [0.29, 0.717) is 5.56 Å². The molecule has 156 valence electrons. The Morgan fingerprint density at radius 3 is 2.34 bits per heavy atom. The van der Waals surface area contributed by atoms with Gasteiger partial charge in [-0.05, 0) is 41.1 Å². The van der Waals surface area contributed by atoms with Crippen LogP contribution in [0.3, 0.4) is 0 Å². The molecule has 2 aromatic heterocycles. The highest BCUT2D eigenvalue weighted by molar-refractivity contribution is 7.08. The summed E-state index contributed by atoms with van der Waals surface area (Å²) >= 11 is 1.62. The van der Waals surface area contributed by atoms with Gasteiger partial charge in [0, 0.05) is 16.3 Å². The Kier molecular flexibility index (Phi) is 5.77. The molecule has 3 aromatic carbocycles. The second-order valence-corrected chi connectivity index (χ2v) is 8.49. The van der Waals surface area contributed by atoms with Crippen molar-refractivity contribution in [3.8, 4) is 11.3 Å². The zero-order valence-electron chi connectivity index (χ0n) is 17.4. The van der Waals surface area contributed by atoms with E-state index in [1.165, 1.54) is 5.56 Å². The van der Waals surface area contributed by atoms with Crippen LogP contribution < -0.4 is 5.32 Å². The molecular formula is C28H22N2OS. The summed E-state index contributed by atoms with van der Waals surface area (Å²) in [6.45, 7) is 0. The molecule has 1 unspecified atom stereocenters. The van der Waals surface area contributed by atoms with Gasteiger partial charge in [0.05, 0.1) is 22.8 Å². The Morgan fingerprint density at radius 1 is 0.875 bits per heavy atom. The largest absolute Gasteiger partial charge is 0.345 e. The lowest BCUT2D eigenvalue weighted by Crippen LogP contribution is -2.30. The van der Waals surface area contributed by atoms with E-state index >= 15 is 0 Å². The van der Waals surface area contributed by atoms with Crippen LogP contribution in [0.25, 0.3) is 22.2 Å². The van der Waals surface area contributed by atoms with Gasteiger partial charge in [0.25, 0.3) is 5.91 Å². The van der Waals surface area contributed by atoms with E-state index in [4.69, 9.17) is 4.98 Å². The molecule has 0 aliphatic heterocycles. The van der Waals surface area contributed by atoms with Gasteiger partial charge in [0.2, 0.25) is 0 Å². The predicted octanol–water partition coefficient (Wildman–Crippen LogP) is 6.68. The lowest BCUT2D eigenvalue weighted by molar-refractivity contribution is 0.0938. The minimum atomic E-state index is -0.136. The summed E-state index contributed by atoms with van der Waals surface area (Å²) in [4.78, 5) is 18.4.